The fourth-order valence-corrected chi connectivity index (χ4v) is 6.30. The molecule has 0 saturated carbocycles. The van der Waals surface area contributed by atoms with Crippen molar-refractivity contribution in [3.05, 3.63) is 29.8 Å². The van der Waals surface area contributed by atoms with Crippen molar-refractivity contribution < 1.29 is 23.0 Å². The first kappa shape index (κ1) is 19.9. The van der Waals surface area contributed by atoms with Crippen LogP contribution in [0.4, 0.5) is 13.2 Å². The van der Waals surface area contributed by atoms with Gasteiger partial charge in [0.25, 0.3) is 0 Å². The van der Waals surface area contributed by atoms with Gasteiger partial charge in [0, 0.05) is 14.4 Å². The van der Waals surface area contributed by atoms with Gasteiger partial charge in [-0.3, -0.25) is 0 Å². The van der Waals surface area contributed by atoms with Gasteiger partial charge in [0.05, 0.1) is 0 Å². The number of aliphatic hydroxyl groups excluding tert-OH is 1. The van der Waals surface area contributed by atoms with E-state index in [2.05, 4.69) is 23.5 Å². The smallest absolute Gasteiger partial charge is 0.406 e. The van der Waals surface area contributed by atoms with E-state index in [1.54, 1.807) is 0 Å². The molecule has 1 fully saturated rings. The number of alkyl halides is 3. The molecule has 2 rings (SSSR count). The highest BCUT2D eigenvalue weighted by atomic mass is 28.3. The molecule has 0 bridgehead atoms. The molecule has 1 radical (unpaired) electrons. The van der Waals surface area contributed by atoms with Gasteiger partial charge in [-0.15, -0.1) is 13.2 Å². The predicted molar refractivity (Wildman–Crippen MR) is 93.8 cm³/mol. The molecule has 25 heavy (non-hydrogen) atoms. The van der Waals surface area contributed by atoms with Crippen LogP contribution in [-0.4, -0.2) is 26.4 Å². The lowest BCUT2D eigenvalue weighted by Gasteiger charge is -2.27. The third-order valence-electron chi connectivity index (χ3n) is 4.44. The molecule has 0 aromatic heterocycles. The quantitative estimate of drug-likeness (QED) is 0.584. The maximum absolute atomic E-state index is 12.1. The summed E-state index contributed by atoms with van der Waals surface area (Å²) in [6.45, 7) is 2.24. The Kier molecular flexibility index (Phi) is 7.39. The molecule has 0 aliphatic carbocycles. The van der Waals surface area contributed by atoms with E-state index >= 15 is 0 Å². The van der Waals surface area contributed by atoms with Gasteiger partial charge < -0.3 is 9.84 Å². The third-order valence-corrected chi connectivity index (χ3v) is 7.64. The minimum absolute atomic E-state index is 0.148. The van der Waals surface area contributed by atoms with Crippen LogP contribution in [0.25, 0.3) is 0 Å². The molecule has 6 heteroatoms. The standard InChI is InChI=1S/C19H24F3O2Si/c1-2-11-25-12-9-16(10-13-25)14-17(23)6-3-15-4-7-18(8-5-15)24-19(20,21)22/h4-5,7-8,16-17,23H,2,9-14H2,1H3. The lowest BCUT2D eigenvalue weighted by Crippen LogP contribution is -2.23. The van der Waals surface area contributed by atoms with Gasteiger partial charge in [-0.1, -0.05) is 56.2 Å². The minimum atomic E-state index is -4.69. The Morgan fingerprint density at radius 2 is 1.88 bits per heavy atom. The topological polar surface area (TPSA) is 29.5 Å². The molecule has 1 atom stereocenters. The lowest BCUT2D eigenvalue weighted by molar-refractivity contribution is -0.274. The van der Waals surface area contributed by atoms with E-state index < -0.39 is 12.5 Å². The van der Waals surface area contributed by atoms with Crippen LogP contribution in [0.3, 0.4) is 0 Å². The number of hydrogen-bond donors (Lipinski definition) is 1. The molecular weight excluding hydrogens is 345 g/mol. The zero-order valence-electron chi connectivity index (χ0n) is 14.4. The average Bonchev–Trinajstić information content (AvgIpc) is 2.55. The number of hydrogen-bond acceptors (Lipinski definition) is 2. The highest BCUT2D eigenvalue weighted by Gasteiger charge is 2.30. The van der Waals surface area contributed by atoms with Crippen LogP contribution >= 0.6 is 0 Å². The van der Waals surface area contributed by atoms with Crippen LogP contribution in [0.2, 0.25) is 18.1 Å². The van der Waals surface area contributed by atoms with Crippen molar-refractivity contribution in [1.29, 1.82) is 0 Å². The summed E-state index contributed by atoms with van der Waals surface area (Å²) in [4.78, 5) is 0. The van der Waals surface area contributed by atoms with E-state index in [0.29, 0.717) is 17.9 Å². The highest BCUT2D eigenvalue weighted by molar-refractivity contribution is 6.58. The maximum Gasteiger partial charge on any atom is 0.573 e. The monoisotopic (exact) mass is 369 g/mol. The van der Waals surface area contributed by atoms with Crippen molar-refractivity contribution in [2.24, 2.45) is 5.92 Å². The largest absolute Gasteiger partial charge is 0.573 e. The molecule has 2 nitrogen and oxygen atoms in total. The Bertz CT molecular complexity index is 581. The van der Waals surface area contributed by atoms with Gasteiger partial charge in [-0.05, 0) is 36.6 Å². The van der Waals surface area contributed by atoms with E-state index in [9.17, 15) is 18.3 Å². The van der Waals surface area contributed by atoms with E-state index in [1.165, 1.54) is 61.7 Å². The average molecular weight is 369 g/mol. The number of benzene rings is 1. The summed E-state index contributed by atoms with van der Waals surface area (Å²) >= 11 is 0. The SMILES string of the molecule is CCC[Si]1CCC(CC(O)C#Cc2ccc(OC(F)(F)F)cc2)CC1. The summed E-state index contributed by atoms with van der Waals surface area (Å²) in [7, 11) is -0.148. The fourth-order valence-electron chi connectivity index (χ4n) is 3.21. The van der Waals surface area contributed by atoms with Gasteiger partial charge in [-0.2, -0.15) is 0 Å². The molecule has 1 saturated heterocycles. The second kappa shape index (κ2) is 9.30. The number of aliphatic hydroxyl groups is 1. The molecule has 1 aromatic rings. The van der Waals surface area contributed by atoms with Gasteiger partial charge in [-0.25, -0.2) is 0 Å². The fraction of sp³-hybridized carbons (Fsp3) is 0.579. The van der Waals surface area contributed by atoms with Crippen LogP contribution in [0.15, 0.2) is 24.3 Å². The molecular formula is C19H24F3O2Si. The van der Waals surface area contributed by atoms with Crippen molar-refractivity contribution in [3.8, 4) is 17.6 Å². The van der Waals surface area contributed by atoms with Crippen molar-refractivity contribution >= 4 is 8.80 Å². The third kappa shape index (κ3) is 7.53. The van der Waals surface area contributed by atoms with E-state index in [1.807, 2.05) is 0 Å². The number of halogens is 3. The lowest BCUT2D eigenvalue weighted by atomic mass is 9.95. The molecule has 1 aliphatic rings. The molecule has 0 spiro atoms. The van der Waals surface area contributed by atoms with Gasteiger partial charge >= 0.3 is 6.36 Å². The summed E-state index contributed by atoms with van der Waals surface area (Å²) in [5.41, 5.74) is 0.561. The molecule has 1 heterocycles. The summed E-state index contributed by atoms with van der Waals surface area (Å²) in [5, 5.41) is 10.1. The Morgan fingerprint density at radius 3 is 2.44 bits per heavy atom. The van der Waals surface area contributed by atoms with Crippen LogP contribution in [-0.2, 0) is 0 Å². The summed E-state index contributed by atoms with van der Waals surface area (Å²) in [6, 6.07) is 9.44. The van der Waals surface area contributed by atoms with E-state index in [-0.39, 0.29) is 14.5 Å². The van der Waals surface area contributed by atoms with Gasteiger partial charge in [0.1, 0.15) is 11.9 Å². The van der Waals surface area contributed by atoms with Crippen LogP contribution in [0.5, 0.6) is 5.75 Å². The Labute approximate surface area is 149 Å². The van der Waals surface area contributed by atoms with Crippen LogP contribution < -0.4 is 4.74 Å². The first-order valence-corrected chi connectivity index (χ1v) is 10.9. The van der Waals surface area contributed by atoms with E-state index in [4.69, 9.17) is 0 Å². The normalized spacial score (nSPS) is 17.6. The second-order valence-electron chi connectivity index (χ2n) is 6.54. The number of ether oxygens (including phenoxy) is 1. The number of rotatable bonds is 5. The zero-order valence-corrected chi connectivity index (χ0v) is 15.4. The van der Waals surface area contributed by atoms with Crippen LogP contribution in [0.1, 0.15) is 38.2 Å². The molecule has 1 N–H and O–H groups in total. The van der Waals surface area contributed by atoms with Crippen molar-refractivity contribution in [3.63, 3.8) is 0 Å². The molecule has 1 unspecified atom stereocenters. The molecule has 1 aliphatic heterocycles. The second-order valence-corrected chi connectivity index (χ2v) is 9.54. The van der Waals surface area contributed by atoms with Crippen molar-refractivity contribution in [2.45, 2.75) is 63.2 Å². The Morgan fingerprint density at radius 1 is 1.24 bits per heavy atom. The summed E-state index contributed by atoms with van der Waals surface area (Å²) in [6.07, 6.45) is -1.03. The van der Waals surface area contributed by atoms with Crippen molar-refractivity contribution in [2.75, 3.05) is 0 Å². The van der Waals surface area contributed by atoms with Crippen molar-refractivity contribution in [1.82, 2.24) is 0 Å². The minimum Gasteiger partial charge on any atom is -0.406 e. The summed E-state index contributed by atoms with van der Waals surface area (Å²) in [5.74, 6) is 5.89. The zero-order chi connectivity index (χ0) is 18.3. The van der Waals surface area contributed by atoms with Crippen LogP contribution in [0, 0.1) is 17.8 Å². The Hall–Kier alpha value is -1.45. The Balaban J connectivity index is 1.80. The first-order valence-electron chi connectivity index (χ1n) is 8.74. The highest BCUT2D eigenvalue weighted by Crippen LogP contribution is 2.30. The van der Waals surface area contributed by atoms with E-state index in [0.717, 1.165) is 0 Å². The van der Waals surface area contributed by atoms with Gasteiger partial charge in [0.15, 0.2) is 0 Å². The summed E-state index contributed by atoms with van der Waals surface area (Å²) < 4.78 is 40.1. The molecule has 0 amide bonds. The van der Waals surface area contributed by atoms with Gasteiger partial charge in [0.2, 0.25) is 0 Å². The predicted octanol–water partition coefficient (Wildman–Crippen LogP) is 5.00. The first-order chi connectivity index (χ1) is 11.9. The molecule has 1 aromatic carbocycles. The molecule has 137 valence electrons. The maximum atomic E-state index is 12.1.